The molecule has 0 saturated heterocycles. The maximum atomic E-state index is 13.5. The molecule has 0 unspecified atom stereocenters. The predicted molar refractivity (Wildman–Crippen MR) is 110 cm³/mol. The van der Waals surface area contributed by atoms with E-state index in [0.29, 0.717) is 24.1 Å². The number of para-hydroxylation sites is 1. The summed E-state index contributed by atoms with van der Waals surface area (Å²) < 4.78 is 21.2. The molecule has 1 aromatic carbocycles. The first-order valence-corrected chi connectivity index (χ1v) is 10.1. The number of ether oxygens (including phenoxy) is 4. The van der Waals surface area contributed by atoms with Crippen LogP contribution in [0.15, 0.2) is 47.1 Å². The zero-order chi connectivity index (χ0) is 22.6. The Hall–Kier alpha value is -3.33. The van der Waals surface area contributed by atoms with Crippen LogP contribution in [0.2, 0.25) is 0 Å². The number of carbonyl (C=O) groups is 3. The summed E-state index contributed by atoms with van der Waals surface area (Å²) in [6.45, 7) is 3.71. The van der Waals surface area contributed by atoms with Gasteiger partial charge in [-0.15, -0.1) is 0 Å². The number of esters is 2. The molecule has 3 rings (SSSR count). The van der Waals surface area contributed by atoms with Crippen molar-refractivity contribution in [3.63, 3.8) is 0 Å². The molecule has 1 spiro atoms. The third kappa shape index (κ3) is 3.65. The molecular weight excluding hydrogens is 404 g/mol. The van der Waals surface area contributed by atoms with Gasteiger partial charge < -0.3 is 30.0 Å². The number of benzene rings is 1. The number of allylic oxidation sites excluding steroid dienone is 1. The van der Waals surface area contributed by atoms with E-state index in [0.717, 1.165) is 0 Å². The molecule has 0 aromatic heterocycles. The highest BCUT2D eigenvalue weighted by atomic mass is 16.6. The van der Waals surface area contributed by atoms with Crippen molar-refractivity contribution in [2.75, 3.05) is 32.2 Å². The van der Waals surface area contributed by atoms with Crippen LogP contribution in [0.4, 0.5) is 5.69 Å². The molecule has 0 bridgehead atoms. The van der Waals surface area contributed by atoms with E-state index in [9.17, 15) is 14.4 Å². The Morgan fingerprint density at radius 2 is 1.81 bits per heavy atom. The van der Waals surface area contributed by atoms with Crippen LogP contribution in [0.1, 0.15) is 32.3 Å². The molecule has 166 valence electrons. The van der Waals surface area contributed by atoms with Gasteiger partial charge in [-0.25, -0.2) is 9.59 Å². The Morgan fingerprint density at radius 3 is 2.48 bits per heavy atom. The summed E-state index contributed by atoms with van der Waals surface area (Å²) in [7, 11) is 1.46. The molecule has 1 amide bonds. The second-order valence-electron chi connectivity index (χ2n) is 6.99. The van der Waals surface area contributed by atoms with Crippen LogP contribution in [0.25, 0.3) is 0 Å². The van der Waals surface area contributed by atoms with Gasteiger partial charge in [0.15, 0.2) is 0 Å². The van der Waals surface area contributed by atoms with Crippen LogP contribution in [0.5, 0.6) is 0 Å². The highest BCUT2D eigenvalue weighted by molar-refractivity contribution is 6.21. The topological polar surface area (TPSA) is 126 Å². The third-order valence-electron chi connectivity index (χ3n) is 5.11. The zero-order valence-corrected chi connectivity index (χ0v) is 17.8. The normalized spacial score (nSPS) is 19.8. The lowest BCUT2D eigenvalue weighted by atomic mass is 9.67. The Morgan fingerprint density at radius 1 is 1.10 bits per heavy atom. The van der Waals surface area contributed by atoms with E-state index in [2.05, 4.69) is 5.32 Å². The number of nitrogens with one attached hydrogen (secondary N) is 1. The summed E-state index contributed by atoms with van der Waals surface area (Å²) in [6.07, 6.45) is 0.927. The van der Waals surface area contributed by atoms with Gasteiger partial charge in [-0.1, -0.05) is 25.1 Å². The molecule has 1 aromatic rings. The fourth-order valence-corrected chi connectivity index (χ4v) is 3.92. The summed E-state index contributed by atoms with van der Waals surface area (Å²) in [5.41, 5.74) is 4.87. The molecule has 31 heavy (non-hydrogen) atoms. The van der Waals surface area contributed by atoms with E-state index in [1.807, 2.05) is 6.92 Å². The Bertz CT molecular complexity index is 966. The van der Waals surface area contributed by atoms with Crippen LogP contribution in [0.3, 0.4) is 0 Å². The zero-order valence-electron chi connectivity index (χ0n) is 17.8. The van der Waals surface area contributed by atoms with Gasteiger partial charge in [-0.05, 0) is 19.4 Å². The Kier molecular flexibility index (Phi) is 6.65. The van der Waals surface area contributed by atoms with Crippen molar-refractivity contribution in [2.24, 2.45) is 5.73 Å². The summed E-state index contributed by atoms with van der Waals surface area (Å²) in [6, 6.07) is 6.80. The van der Waals surface area contributed by atoms with Crippen molar-refractivity contribution in [1.82, 2.24) is 0 Å². The number of carbonyl (C=O) groups excluding carboxylic acids is 3. The van der Waals surface area contributed by atoms with E-state index >= 15 is 0 Å². The predicted octanol–water partition coefficient (Wildman–Crippen LogP) is 1.88. The Labute approximate surface area is 180 Å². The number of hydrogen-bond acceptors (Lipinski definition) is 8. The number of anilines is 1. The van der Waals surface area contributed by atoms with E-state index in [1.165, 1.54) is 7.11 Å². The lowest BCUT2D eigenvalue weighted by Gasteiger charge is -2.36. The first-order chi connectivity index (χ1) is 14.9. The summed E-state index contributed by atoms with van der Waals surface area (Å²) >= 11 is 0. The molecule has 0 saturated carbocycles. The largest absolute Gasteiger partial charge is 0.462 e. The van der Waals surface area contributed by atoms with Crippen molar-refractivity contribution in [3.05, 3.63) is 52.6 Å². The molecule has 9 nitrogen and oxygen atoms in total. The number of amides is 1. The van der Waals surface area contributed by atoms with Gasteiger partial charge in [0, 0.05) is 24.8 Å². The summed E-state index contributed by atoms with van der Waals surface area (Å²) in [5.74, 6) is -2.33. The lowest BCUT2D eigenvalue weighted by molar-refractivity contribution is -0.144. The first kappa shape index (κ1) is 22.4. The van der Waals surface area contributed by atoms with Gasteiger partial charge in [-0.2, -0.15) is 0 Å². The van der Waals surface area contributed by atoms with Gasteiger partial charge in [-0.3, -0.25) is 4.79 Å². The number of nitrogens with two attached hydrogens (primary N) is 1. The number of hydrogen-bond donors (Lipinski definition) is 2. The van der Waals surface area contributed by atoms with Crippen LogP contribution < -0.4 is 11.1 Å². The van der Waals surface area contributed by atoms with Crippen molar-refractivity contribution >= 4 is 23.5 Å². The lowest BCUT2D eigenvalue weighted by Crippen LogP contribution is -2.48. The molecule has 2 aliphatic heterocycles. The minimum absolute atomic E-state index is 0.0634. The second-order valence-corrected chi connectivity index (χ2v) is 6.99. The molecule has 0 radical (unpaired) electrons. The highest BCUT2D eigenvalue weighted by Crippen LogP contribution is 2.52. The number of rotatable bonds is 8. The smallest absolute Gasteiger partial charge is 0.341 e. The third-order valence-corrected chi connectivity index (χ3v) is 5.11. The van der Waals surface area contributed by atoms with Crippen molar-refractivity contribution < 1.29 is 33.3 Å². The molecule has 1 atom stereocenters. The molecule has 9 heteroatoms. The van der Waals surface area contributed by atoms with Crippen molar-refractivity contribution in [2.45, 2.75) is 32.1 Å². The SMILES string of the molecule is CCCC1=C(C(=O)OCC)[C@@]2(C(=O)Nc3ccccc32)C(C(=O)OCCOC)=C(N)O1. The van der Waals surface area contributed by atoms with Gasteiger partial charge >= 0.3 is 11.9 Å². The average molecular weight is 430 g/mol. The quantitative estimate of drug-likeness (QED) is 0.473. The van der Waals surface area contributed by atoms with Gasteiger partial charge in [0.2, 0.25) is 11.8 Å². The maximum absolute atomic E-state index is 13.5. The molecule has 2 heterocycles. The average Bonchev–Trinajstić information content (AvgIpc) is 3.01. The molecular formula is C22H26N2O7. The van der Waals surface area contributed by atoms with Crippen LogP contribution in [0, 0.1) is 0 Å². The second kappa shape index (κ2) is 9.22. The van der Waals surface area contributed by atoms with E-state index in [4.69, 9.17) is 24.7 Å². The van der Waals surface area contributed by atoms with E-state index in [1.54, 1.807) is 31.2 Å². The first-order valence-electron chi connectivity index (χ1n) is 10.1. The number of methoxy groups -OCH3 is 1. The molecule has 0 aliphatic carbocycles. The summed E-state index contributed by atoms with van der Waals surface area (Å²) in [4.78, 5) is 39.8. The number of fused-ring (bicyclic) bond motifs is 2. The van der Waals surface area contributed by atoms with Gasteiger partial charge in [0.05, 0.1) is 13.2 Å². The minimum Gasteiger partial charge on any atom is -0.462 e. The van der Waals surface area contributed by atoms with Gasteiger partial charge in [0.1, 0.15) is 28.9 Å². The van der Waals surface area contributed by atoms with Crippen molar-refractivity contribution in [3.8, 4) is 0 Å². The van der Waals surface area contributed by atoms with Crippen LogP contribution in [-0.4, -0.2) is 44.8 Å². The molecule has 2 aliphatic rings. The maximum Gasteiger partial charge on any atom is 0.341 e. The van der Waals surface area contributed by atoms with E-state index in [-0.39, 0.29) is 42.6 Å². The Balaban J connectivity index is 2.30. The van der Waals surface area contributed by atoms with Crippen LogP contribution >= 0.6 is 0 Å². The van der Waals surface area contributed by atoms with Crippen LogP contribution in [-0.2, 0) is 38.7 Å². The molecule has 3 N–H and O–H groups in total. The monoisotopic (exact) mass is 430 g/mol. The minimum atomic E-state index is -1.85. The van der Waals surface area contributed by atoms with E-state index < -0.39 is 23.3 Å². The fraction of sp³-hybridized carbons (Fsp3) is 0.409. The summed E-state index contributed by atoms with van der Waals surface area (Å²) in [5, 5.41) is 2.76. The van der Waals surface area contributed by atoms with Gasteiger partial charge in [0.25, 0.3) is 0 Å². The molecule has 0 fully saturated rings. The highest BCUT2D eigenvalue weighted by Gasteiger charge is 2.62. The fourth-order valence-electron chi connectivity index (χ4n) is 3.92. The van der Waals surface area contributed by atoms with Crippen molar-refractivity contribution in [1.29, 1.82) is 0 Å². The standard InChI is InChI=1S/C22H26N2O7/c1-4-8-15-16(19(25)29-5-2)22(13-9-6-7-10-14(13)24-21(22)27)17(18(23)31-15)20(26)30-12-11-28-3/h6-7,9-10H,4-5,8,11-12,23H2,1-3H3,(H,24,27)/t22-/m1/s1.